The van der Waals surface area contributed by atoms with Crippen LogP contribution in [0.1, 0.15) is 17.3 Å². The molecule has 78 valence electrons. The number of carbonyl (C=O) groups is 1. The number of hydrogen-bond donors (Lipinski definition) is 0. The Labute approximate surface area is 83.2 Å². The lowest BCUT2D eigenvalue weighted by molar-refractivity contribution is 0.0521. The number of rotatable bonds is 3. The van der Waals surface area contributed by atoms with Crippen molar-refractivity contribution >= 4 is 17.0 Å². The van der Waals surface area contributed by atoms with Gasteiger partial charge in [0.2, 0.25) is 0 Å². The van der Waals surface area contributed by atoms with E-state index >= 15 is 0 Å². The Morgan fingerprint density at radius 2 is 2.43 bits per heavy atom. The maximum atomic E-state index is 11.2. The molecular formula is C7H9N2O4S-. The highest BCUT2D eigenvalue weighted by atomic mass is 32.2. The SMILES string of the molecule is CCOC(=O)c1cnn(C)c1S(=O)[O-]. The highest BCUT2D eigenvalue weighted by Crippen LogP contribution is 2.12. The first kappa shape index (κ1) is 10.9. The lowest BCUT2D eigenvalue weighted by Crippen LogP contribution is -2.09. The lowest BCUT2D eigenvalue weighted by atomic mass is 10.4. The molecule has 1 rings (SSSR count). The smallest absolute Gasteiger partial charge is 0.342 e. The summed E-state index contributed by atoms with van der Waals surface area (Å²) < 4.78 is 27.3. The molecule has 1 atom stereocenters. The number of esters is 1. The minimum Gasteiger partial charge on any atom is -0.767 e. The predicted molar refractivity (Wildman–Crippen MR) is 46.4 cm³/mol. The molecule has 0 N–H and O–H groups in total. The van der Waals surface area contributed by atoms with Gasteiger partial charge >= 0.3 is 5.97 Å². The predicted octanol–water partition coefficient (Wildman–Crippen LogP) is -0.165. The van der Waals surface area contributed by atoms with Crippen molar-refractivity contribution < 1.29 is 18.3 Å². The molecule has 0 saturated heterocycles. The Morgan fingerprint density at radius 1 is 1.79 bits per heavy atom. The standard InChI is InChI=1S/C7H10N2O4S/c1-3-13-7(10)5-4-8-9(2)6(5)14(11)12/h4H,3H2,1-2H3,(H,11,12)/p-1. The van der Waals surface area contributed by atoms with E-state index in [2.05, 4.69) is 9.84 Å². The highest BCUT2D eigenvalue weighted by Gasteiger charge is 2.17. The molecule has 1 heterocycles. The molecule has 1 aromatic heterocycles. The van der Waals surface area contributed by atoms with Crippen molar-refractivity contribution in [2.24, 2.45) is 7.05 Å². The zero-order chi connectivity index (χ0) is 10.7. The van der Waals surface area contributed by atoms with Crippen LogP contribution in [0.25, 0.3) is 0 Å². The Morgan fingerprint density at radius 3 is 2.93 bits per heavy atom. The second-order valence-corrected chi connectivity index (χ2v) is 3.30. The molecule has 0 radical (unpaired) electrons. The Bertz CT molecular complexity index is 374. The quantitative estimate of drug-likeness (QED) is 0.518. The summed E-state index contributed by atoms with van der Waals surface area (Å²) in [4.78, 5) is 11.2. The van der Waals surface area contributed by atoms with Gasteiger partial charge in [-0.15, -0.1) is 0 Å². The number of aryl methyl sites for hydroxylation is 1. The van der Waals surface area contributed by atoms with E-state index in [1.165, 1.54) is 13.2 Å². The van der Waals surface area contributed by atoms with E-state index in [4.69, 9.17) is 0 Å². The fraction of sp³-hybridized carbons (Fsp3) is 0.429. The number of carbonyl (C=O) groups excluding carboxylic acids is 1. The molecule has 0 aliphatic heterocycles. The molecule has 0 aliphatic rings. The molecule has 6 nitrogen and oxygen atoms in total. The maximum Gasteiger partial charge on any atom is 0.342 e. The summed E-state index contributed by atoms with van der Waals surface area (Å²) in [7, 11) is 1.44. The van der Waals surface area contributed by atoms with Crippen LogP contribution >= 0.6 is 0 Å². The van der Waals surface area contributed by atoms with Crippen molar-refractivity contribution in [3.63, 3.8) is 0 Å². The number of aromatic nitrogens is 2. The van der Waals surface area contributed by atoms with E-state index in [1.54, 1.807) is 6.92 Å². The average Bonchev–Trinajstić information content (AvgIpc) is 2.47. The maximum absolute atomic E-state index is 11.2. The van der Waals surface area contributed by atoms with Crippen LogP contribution in [0.15, 0.2) is 11.2 Å². The van der Waals surface area contributed by atoms with Crippen LogP contribution in [-0.2, 0) is 22.9 Å². The van der Waals surface area contributed by atoms with Gasteiger partial charge in [0.25, 0.3) is 0 Å². The third-order valence-corrected chi connectivity index (χ3v) is 2.34. The van der Waals surface area contributed by atoms with Crippen LogP contribution in [0.5, 0.6) is 0 Å². The van der Waals surface area contributed by atoms with Gasteiger partial charge in [0, 0.05) is 7.05 Å². The van der Waals surface area contributed by atoms with Crippen LogP contribution in [0.3, 0.4) is 0 Å². The monoisotopic (exact) mass is 217 g/mol. The van der Waals surface area contributed by atoms with E-state index in [9.17, 15) is 13.6 Å². The van der Waals surface area contributed by atoms with Gasteiger partial charge in [0.05, 0.1) is 12.8 Å². The van der Waals surface area contributed by atoms with Crippen molar-refractivity contribution in [2.75, 3.05) is 6.61 Å². The van der Waals surface area contributed by atoms with Crippen molar-refractivity contribution in [3.8, 4) is 0 Å². The number of ether oxygens (including phenoxy) is 1. The molecule has 14 heavy (non-hydrogen) atoms. The molecule has 0 saturated carbocycles. The molecule has 0 spiro atoms. The summed E-state index contributed by atoms with van der Waals surface area (Å²) >= 11 is -2.50. The number of hydrogen-bond acceptors (Lipinski definition) is 5. The second kappa shape index (κ2) is 4.34. The summed E-state index contributed by atoms with van der Waals surface area (Å²) in [5.41, 5.74) is -0.0392. The summed E-state index contributed by atoms with van der Waals surface area (Å²) in [6.45, 7) is 1.83. The molecule has 0 fully saturated rings. The minimum atomic E-state index is -2.50. The molecule has 0 bridgehead atoms. The van der Waals surface area contributed by atoms with E-state index in [0.29, 0.717) is 0 Å². The zero-order valence-corrected chi connectivity index (χ0v) is 8.54. The van der Waals surface area contributed by atoms with Gasteiger partial charge in [0.1, 0.15) is 10.6 Å². The molecule has 0 aromatic carbocycles. The van der Waals surface area contributed by atoms with E-state index in [0.717, 1.165) is 4.68 Å². The molecular weight excluding hydrogens is 208 g/mol. The van der Waals surface area contributed by atoms with Crippen LogP contribution in [0.4, 0.5) is 0 Å². The molecule has 1 aromatic rings. The zero-order valence-electron chi connectivity index (χ0n) is 7.72. The van der Waals surface area contributed by atoms with Gasteiger partial charge < -0.3 is 9.29 Å². The van der Waals surface area contributed by atoms with E-state index in [-0.39, 0.29) is 17.2 Å². The summed E-state index contributed by atoms with van der Waals surface area (Å²) in [5, 5.41) is 3.50. The topological polar surface area (TPSA) is 84.2 Å². The molecule has 7 heteroatoms. The van der Waals surface area contributed by atoms with Crippen molar-refractivity contribution in [2.45, 2.75) is 11.9 Å². The Kier molecular flexibility index (Phi) is 3.37. The Hall–Kier alpha value is -1.21. The molecule has 1 unspecified atom stereocenters. The van der Waals surface area contributed by atoms with Crippen molar-refractivity contribution in [1.29, 1.82) is 0 Å². The highest BCUT2D eigenvalue weighted by molar-refractivity contribution is 7.79. The minimum absolute atomic E-state index is 0.0392. The van der Waals surface area contributed by atoms with Crippen molar-refractivity contribution in [1.82, 2.24) is 9.78 Å². The summed E-state index contributed by atoms with van der Waals surface area (Å²) in [5.74, 6) is -0.681. The molecule has 0 aliphatic carbocycles. The first-order chi connectivity index (χ1) is 6.57. The van der Waals surface area contributed by atoms with Crippen LogP contribution in [0.2, 0.25) is 0 Å². The second-order valence-electron chi connectivity index (χ2n) is 2.44. The average molecular weight is 217 g/mol. The van der Waals surface area contributed by atoms with Gasteiger partial charge in [-0.1, -0.05) is 0 Å². The van der Waals surface area contributed by atoms with Gasteiger partial charge in [-0.2, -0.15) is 5.10 Å². The van der Waals surface area contributed by atoms with Gasteiger partial charge in [-0.05, 0) is 18.0 Å². The van der Waals surface area contributed by atoms with Crippen LogP contribution < -0.4 is 0 Å². The van der Waals surface area contributed by atoms with Crippen LogP contribution in [-0.4, -0.2) is 31.1 Å². The first-order valence-electron chi connectivity index (χ1n) is 3.86. The largest absolute Gasteiger partial charge is 0.767 e. The van der Waals surface area contributed by atoms with E-state index in [1.807, 2.05) is 0 Å². The third-order valence-electron chi connectivity index (χ3n) is 1.54. The number of nitrogens with zero attached hydrogens (tertiary/aromatic N) is 2. The fourth-order valence-electron chi connectivity index (χ4n) is 0.973. The first-order valence-corrected chi connectivity index (χ1v) is 4.93. The van der Waals surface area contributed by atoms with Gasteiger partial charge in [0.15, 0.2) is 0 Å². The van der Waals surface area contributed by atoms with Gasteiger partial charge in [-0.3, -0.25) is 8.89 Å². The normalized spacial score (nSPS) is 12.5. The summed E-state index contributed by atoms with van der Waals surface area (Å²) in [6, 6.07) is 0. The fourth-order valence-corrected chi connectivity index (χ4v) is 1.55. The summed E-state index contributed by atoms with van der Waals surface area (Å²) in [6.07, 6.45) is 1.17. The van der Waals surface area contributed by atoms with E-state index < -0.39 is 17.0 Å². The van der Waals surface area contributed by atoms with Crippen LogP contribution in [0, 0.1) is 0 Å². The lowest BCUT2D eigenvalue weighted by Gasteiger charge is -2.07. The third kappa shape index (κ3) is 1.99. The Balaban J connectivity index is 3.09. The van der Waals surface area contributed by atoms with Gasteiger partial charge in [-0.25, -0.2) is 4.79 Å². The van der Waals surface area contributed by atoms with Crippen molar-refractivity contribution in [3.05, 3.63) is 11.8 Å². The molecule has 0 amide bonds.